The van der Waals surface area contributed by atoms with E-state index in [-0.39, 0.29) is 0 Å². The Morgan fingerprint density at radius 1 is 1.05 bits per heavy atom. The number of sulfonamides is 1. The van der Waals surface area contributed by atoms with Gasteiger partial charge in [0.05, 0.1) is 35.8 Å². The molecular weight excluding hydrogens is 588 g/mol. The van der Waals surface area contributed by atoms with Gasteiger partial charge in [-0.25, -0.2) is 13.4 Å². The molecule has 3 aromatic rings. The Morgan fingerprint density at radius 2 is 1.90 bits per heavy atom. The van der Waals surface area contributed by atoms with Crippen LogP contribution in [0.4, 0.5) is 34.6 Å². The van der Waals surface area contributed by atoms with Crippen molar-refractivity contribution >= 4 is 60.6 Å². The smallest absolute Gasteiger partial charge is 0.239 e. The van der Waals surface area contributed by atoms with E-state index in [0.717, 1.165) is 50.2 Å². The van der Waals surface area contributed by atoms with Gasteiger partial charge in [-0.3, -0.25) is 4.72 Å². The average molecular weight is 620 g/mol. The topological polar surface area (TPSA) is 134 Å². The minimum atomic E-state index is -3.51. The van der Waals surface area contributed by atoms with Crippen molar-refractivity contribution in [2.45, 2.75) is 12.8 Å². The molecule has 0 unspecified atom stereocenters. The highest BCUT2D eigenvalue weighted by molar-refractivity contribution is 9.10. The third-order valence-electron chi connectivity index (χ3n) is 6.45. The summed E-state index contributed by atoms with van der Waals surface area (Å²) in [6.45, 7) is 4.42. The number of rotatable bonds is 8. The highest BCUT2D eigenvalue weighted by Gasteiger charge is 2.20. The lowest BCUT2D eigenvalue weighted by molar-refractivity contribution is 0.357. The van der Waals surface area contributed by atoms with Crippen LogP contribution in [0.25, 0.3) is 0 Å². The number of ether oxygens (including phenoxy) is 2. The van der Waals surface area contributed by atoms with Crippen molar-refractivity contribution in [3.05, 3.63) is 40.5 Å². The van der Waals surface area contributed by atoms with E-state index in [2.05, 4.69) is 58.1 Å². The lowest BCUT2D eigenvalue weighted by Gasteiger charge is -2.22. The molecule has 14 heteroatoms. The van der Waals surface area contributed by atoms with Gasteiger partial charge in [-0.15, -0.1) is 0 Å². The van der Waals surface area contributed by atoms with E-state index in [0.29, 0.717) is 58.0 Å². The number of anilines is 6. The van der Waals surface area contributed by atoms with E-state index < -0.39 is 10.0 Å². The maximum absolute atomic E-state index is 12.0. The van der Waals surface area contributed by atoms with Crippen molar-refractivity contribution < 1.29 is 17.9 Å². The average Bonchev–Trinajstić information content (AvgIpc) is 3.23. The van der Waals surface area contributed by atoms with Crippen LogP contribution >= 0.6 is 15.9 Å². The van der Waals surface area contributed by atoms with Crippen molar-refractivity contribution in [1.82, 2.24) is 19.9 Å². The van der Waals surface area contributed by atoms with Crippen molar-refractivity contribution in [3.8, 4) is 11.6 Å². The third-order valence-corrected chi connectivity index (χ3v) is 7.62. The molecule has 0 aliphatic carbocycles. The van der Waals surface area contributed by atoms with E-state index in [1.54, 1.807) is 25.4 Å². The first kappa shape index (κ1) is 27.2. The Hall–Kier alpha value is -3.36. The number of pyridine rings is 1. The van der Waals surface area contributed by atoms with Crippen molar-refractivity contribution in [1.29, 1.82) is 0 Å². The second-order valence-corrected chi connectivity index (χ2v) is 12.1. The van der Waals surface area contributed by atoms with Crippen LogP contribution in [-0.4, -0.2) is 81.5 Å². The maximum Gasteiger partial charge on any atom is 0.239 e. The number of nitrogens with zero attached hydrogens (tertiary/aromatic N) is 5. The quantitative estimate of drug-likeness (QED) is 0.342. The molecule has 1 saturated heterocycles. The lowest BCUT2D eigenvalue weighted by atomic mass is 10.1. The number of benzene rings is 1. The van der Waals surface area contributed by atoms with Crippen LogP contribution in [-0.2, 0) is 16.4 Å². The van der Waals surface area contributed by atoms with Gasteiger partial charge < -0.3 is 29.9 Å². The Balaban J connectivity index is 1.39. The van der Waals surface area contributed by atoms with Gasteiger partial charge in [-0.2, -0.15) is 9.97 Å². The van der Waals surface area contributed by atoms with Crippen LogP contribution in [0.1, 0.15) is 12.0 Å². The van der Waals surface area contributed by atoms with E-state index in [1.807, 2.05) is 12.1 Å². The molecule has 0 spiro atoms. The molecule has 0 saturated carbocycles. The molecule has 3 N–H and O–H groups in total. The second kappa shape index (κ2) is 11.4. The number of aromatic nitrogens is 3. The number of nitrogens with one attached hydrogen (secondary N) is 3. The number of fused-ring (bicyclic) bond motifs is 1. The van der Waals surface area contributed by atoms with Crippen molar-refractivity contribution in [2.24, 2.45) is 0 Å². The zero-order valence-electron chi connectivity index (χ0n) is 22.0. The fourth-order valence-electron chi connectivity index (χ4n) is 4.51. The number of hydrogen-bond donors (Lipinski definition) is 3. The summed E-state index contributed by atoms with van der Waals surface area (Å²) < 4.78 is 38.5. The van der Waals surface area contributed by atoms with Gasteiger partial charge in [0.25, 0.3) is 0 Å². The maximum atomic E-state index is 12.0. The number of hydrogen-bond acceptors (Lipinski definition) is 11. The molecule has 12 nitrogen and oxygen atoms in total. The Labute approximate surface area is 236 Å². The molecule has 4 heterocycles. The van der Waals surface area contributed by atoms with E-state index >= 15 is 0 Å². The highest BCUT2D eigenvalue weighted by Crippen LogP contribution is 2.38. The molecule has 0 radical (unpaired) electrons. The third kappa shape index (κ3) is 6.62. The zero-order chi connectivity index (χ0) is 27.6. The molecule has 39 heavy (non-hydrogen) atoms. The largest absolute Gasteiger partial charge is 0.493 e. The molecule has 5 rings (SSSR count). The summed E-state index contributed by atoms with van der Waals surface area (Å²) in [7, 11) is 0.204. The fourth-order valence-corrected chi connectivity index (χ4v) is 5.37. The summed E-state index contributed by atoms with van der Waals surface area (Å²) in [6.07, 6.45) is 4.50. The molecule has 0 atom stereocenters. The summed E-state index contributed by atoms with van der Waals surface area (Å²) in [4.78, 5) is 18.3. The minimum absolute atomic E-state index is 0.306. The molecule has 0 bridgehead atoms. The SMILES string of the molecule is COc1nc(N2CCCN(C)CC2)ccc1Nc1ncc(Br)c(Nc2cc3c(cc2NS(C)(=O)=O)CCO3)n1. The van der Waals surface area contributed by atoms with Gasteiger partial charge in [-0.05, 0) is 59.7 Å². The molecule has 208 valence electrons. The van der Waals surface area contributed by atoms with Crippen LogP contribution in [0.15, 0.2) is 34.9 Å². The van der Waals surface area contributed by atoms with Gasteiger partial charge in [0.15, 0.2) is 0 Å². The van der Waals surface area contributed by atoms with E-state index in [1.165, 1.54) is 0 Å². The monoisotopic (exact) mass is 618 g/mol. The fraction of sp³-hybridized carbons (Fsp3) is 0.400. The van der Waals surface area contributed by atoms with Crippen LogP contribution in [0.2, 0.25) is 0 Å². The molecule has 2 aromatic heterocycles. The van der Waals surface area contributed by atoms with Crippen LogP contribution in [0, 0.1) is 0 Å². The molecule has 1 aromatic carbocycles. The minimum Gasteiger partial charge on any atom is -0.493 e. The number of likely N-dealkylation sites (N-methyl/N-ethyl adjacent to an activating group) is 1. The molecule has 2 aliphatic rings. The molecule has 2 aliphatic heterocycles. The van der Waals surface area contributed by atoms with Crippen LogP contribution < -0.4 is 29.7 Å². The summed E-state index contributed by atoms with van der Waals surface area (Å²) >= 11 is 3.48. The molecule has 1 fully saturated rings. The van der Waals surface area contributed by atoms with Gasteiger partial charge in [0, 0.05) is 38.3 Å². The van der Waals surface area contributed by atoms with Crippen molar-refractivity contribution in [2.75, 3.05) is 73.5 Å². The lowest BCUT2D eigenvalue weighted by Crippen LogP contribution is -2.29. The summed E-state index contributed by atoms with van der Waals surface area (Å²) in [6, 6.07) is 7.41. The zero-order valence-corrected chi connectivity index (χ0v) is 24.4. The predicted molar refractivity (Wildman–Crippen MR) is 156 cm³/mol. The molecular formula is C25H31BrN8O4S. The van der Waals surface area contributed by atoms with Crippen LogP contribution in [0.5, 0.6) is 11.6 Å². The van der Waals surface area contributed by atoms with Gasteiger partial charge in [0.1, 0.15) is 23.1 Å². The second-order valence-electron chi connectivity index (χ2n) is 9.49. The molecule has 0 amide bonds. The van der Waals surface area contributed by atoms with Crippen LogP contribution in [0.3, 0.4) is 0 Å². The summed E-state index contributed by atoms with van der Waals surface area (Å²) in [5.41, 5.74) is 2.46. The first-order valence-electron chi connectivity index (χ1n) is 12.5. The van der Waals surface area contributed by atoms with E-state index in [9.17, 15) is 8.42 Å². The highest BCUT2D eigenvalue weighted by atomic mass is 79.9. The Kier molecular flexibility index (Phi) is 7.96. The first-order chi connectivity index (χ1) is 18.7. The van der Waals surface area contributed by atoms with Crippen molar-refractivity contribution in [3.63, 3.8) is 0 Å². The van der Waals surface area contributed by atoms with E-state index in [4.69, 9.17) is 14.5 Å². The Bertz CT molecular complexity index is 1470. The summed E-state index contributed by atoms with van der Waals surface area (Å²) in [5.74, 6) is 2.73. The first-order valence-corrected chi connectivity index (χ1v) is 15.2. The van der Waals surface area contributed by atoms with Gasteiger partial charge >= 0.3 is 0 Å². The van der Waals surface area contributed by atoms with Gasteiger partial charge in [-0.1, -0.05) is 0 Å². The van der Waals surface area contributed by atoms with Gasteiger partial charge in [0.2, 0.25) is 21.9 Å². The number of halogens is 1. The summed E-state index contributed by atoms with van der Waals surface area (Å²) in [5, 5.41) is 6.39. The predicted octanol–water partition coefficient (Wildman–Crippen LogP) is 3.58. The Morgan fingerprint density at radius 3 is 2.69 bits per heavy atom. The standard InChI is InChI=1S/C25H31BrN8O4S/c1-33-8-4-9-34(11-10-33)22-6-5-18(24(30-22)37-2)29-25-27-15-17(26)23(31-25)28-19-14-21-16(7-12-38-21)13-20(19)32-39(3,35)36/h5-6,13-15,32H,4,7-12H2,1-3H3,(H2,27,28,29,31). The normalized spacial score (nSPS) is 15.7. The number of methoxy groups -OCH3 is 1.